The van der Waals surface area contributed by atoms with Crippen molar-refractivity contribution in [1.29, 1.82) is 0 Å². The van der Waals surface area contributed by atoms with Crippen LogP contribution in [0.25, 0.3) is 0 Å². The number of rotatable bonds is 5. The van der Waals surface area contributed by atoms with E-state index in [1.54, 1.807) is 23.3 Å². The molecule has 96 valence electrons. The van der Waals surface area contributed by atoms with Crippen LogP contribution in [0, 0.1) is 6.92 Å². The summed E-state index contributed by atoms with van der Waals surface area (Å²) >= 11 is 0. The van der Waals surface area contributed by atoms with Crippen molar-refractivity contribution in [3.8, 4) is 0 Å². The van der Waals surface area contributed by atoms with Crippen molar-refractivity contribution in [3.05, 3.63) is 36.2 Å². The number of nitrogens with one attached hydrogen (secondary N) is 1. The highest BCUT2D eigenvalue weighted by atomic mass is 16.2. The molecule has 0 radical (unpaired) electrons. The minimum absolute atomic E-state index is 0.0856. The number of aromatic nitrogens is 4. The summed E-state index contributed by atoms with van der Waals surface area (Å²) in [6.45, 7) is 5.83. The van der Waals surface area contributed by atoms with Gasteiger partial charge in [0, 0.05) is 32.0 Å². The standard InChI is InChI=1S/C12H17N5O/c1-3-17-11(8-10(2)15-17)12(18)14-5-7-16-6-4-13-9-16/h4,6,8-9H,3,5,7H2,1-2H3,(H,14,18). The first-order valence-electron chi connectivity index (χ1n) is 5.99. The molecular formula is C12H17N5O. The van der Waals surface area contributed by atoms with Gasteiger partial charge < -0.3 is 9.88 Å². The van der Waals surface area contributed by atoms with Gasteiger partial charge in [-0.1, -0.05) is 0 Å². The largest absolute Gasteiger partial charge is 0.349 e. The first kappa shape index (κ1) is 12.3. The highest BCUT2D eigenvalue weighted by molar-refractivity contribution is 5.92. The number of carbonyl (C=O) groups is 1. The van der Waals surface area contributed by atoms with Crippen molar-refractivity contribution in [3.63, 3.8) is 0 Å². The Morgan fingerprint density at radius 3 is 3.00 bits per heavy atom. The number of aryl methyl sites for hydroxylation is 2. The molecule has 0 aromatic carbocycles. The molecule has 0 aliphatic carbocycles. The first-order chi connectivity index (χ1) is 8.70. The van der Waals surface area contributed by atoms with Crippen LogP contribution in [-0.2, 0) is 13.1 Å². The fraction of sp³-hybridized carbons (Fsp3) is 0.417. The highest BCUT2D eigenvalue weighted by Crippen LogP contribution is 2.03. The molecule has 0 unspecified atom stereocenters. The minimum Gasteiger partial charge on any atom is -0.349 e. The second kappa shape index (κ2) is 5.48. The van der Waals surface area contributed by atoms with Crippen molar-refractivity contribution in [2.24, 2.45) is 0 Å². The number of amides is 1. The van der Waals surface area contributed by atoms with Gasteiger partial charge in [0.2, 0.25) is 0 Å². The van der Waals surface area contributed by atoms with Crippen LogP contribution >= 0.6 is 0 Å². The molecule has 0 aliphatic heterocycles. The summed E-state index contributed by atoms with van der Waals surface area (Å²) in [7, 11) is 0. The number of carbonyl (C=O) groups excluding carboxylic acids is 1. The maximum absolute atomic E-state index is 12.0. The lowest BCUT2D eigenvalue weighted by molar-refractivity contribution is 0.0941. The molecule has 0 fully saturated rings. The number of hydrogen-bond donors (Lipinski definition) is 1. The molecule has 2 rings (SSSR count). The molecule has 1 N–H and O–H groups in total. The first-order valence-corrected chi connectivity index (χ1v) is 5.99. The fourth-order valence-corrected chi connectivity index (χ4v) is 1.78. The van der Waals surface area contributed by atoms with E-state index in [9.17, 15) is 4.79 Å². The zero-order chi connectivity index (χ0) is 13.0. The van der Waals surface area contributed by atoms with E-state index < -0.39 is 0 Å². The summed E-state index contributed by atoms with van der Waals surface area (Å²) in [6, 6.07) is 1.80. The number of nitrogens with zero attached hydrogens (tertiary/aromatic N) is 4. The molecule has 2 aromatic rings. The van der Waals surface area contributed by atoms with Gasteiger partial charge in [0.05, 0.1) is 12.0 Å². The van der Waals surface area contributed by atoms with Gasteiger partial charge in [-0.05, 0) is 19.9 Å². The van der Waals surface area contributed by atoms with Crippen LogP contribution in [0.5, 0.6) is 0 Å². The normalized spacial score (nSPS) is 10.6. The van der Waals surface area contributed by atoms with Crippen LogP contribution in [-0.4, -0.2) is 31.8 Å². The molecule has 0 spiro atoms. The third kappa shape index (κ3) is 2.77. The molecule has 0 saturated carbocycles. The Morgan fingerprint density at radius 2 is 2.33 bits per heavy atom. The van der Waals surface area contributed by atoms with Gasteiger partial charge in [-0.2, -0.15) is 5.10 Å². The fourth-order valence-electron chi connectivity index (χ4n) is 1.78. The van der Waals surface area contributed by atoms with E-state index in [1.165, 1.54) is 0 Å². The molecule has 0 bridgehead atoms. The van der Waals surface area contributed by atoms with E-state index in [2.05, 4.69) is 15.4 Å². The van der Waals surface area contributed by atoms with Gasteiger partial charge in [-0.25, -0.2) is 4.98 Å². The van der Waals surface area contributed by atoms with Crippen LogP contribution in [0.1, 0.15) is 23.1 Å². The van der Waals surface area contributed by atoms with Crippen molar-refractivity contribution in [2.45, 2.75) is 26.9 Å². The van der Waals surface area contributed by atoms with Gasteiger partial charge in [0.1, 0.15) is 5.69 Å². The predicted molar refractivity (Wildman–Crippen MR) is 67.2 cm³/mol. The van der Waals surface area contributed by atoms with E-state index in [0.717, 1.165) is 5.69 Å². The summed E-state index contributed by atoms with van der Waals surface area (Å²) < 4.78 is 3.63. The minimum atomic E-state index is -0.0856. The molecule has 2 aromatic heterocycles. The topological polar surface area (TPSA) is 64.7 Å². The SMILES string of the molecule is CCn1nc(C)cc1C(=O)NCCn1ccnc1. The van der Waals surface area contributed by atoms with Gasteiger partial charge in [0.25, 0.3) is 5.91 Å². The summed E-state index contributed by atoms with van der Waals surface area (Å²) in [5, 5.41) is 7.13. The smallest absolute Gasteiger partial charge is 0.269 e. The Hall–Kier alpha value is -2.11. The Balaban J connectivity index is 1.91. The third-order valence-electron chi connectivity index (χ3n) is 2.65. The molecule has 6 heteroatoms. The van der Waals surface area contributed by atoms with E-state index in [0.29, 0.717) is 25.3 Å². The zero-order valence-electron chi connectivity index (χ0n) is 10.6. The average Bonchev–Trinajstić information content (AvgIpc) is 2.98. The van der Waals surface area contributed by atoms with Gasteiger partial charge in [0.15, 0.2) is 0 Å². The Bertz CT molecular complexity index is 515. The monoisotopic (exact) mass is 247 g/mol. The zero-order valence-corrected chi connectivity index (χ0v) is 10.6. The average molecular weight is 247 g/mol. The third-order valence-corrected chi connectivity index (χ3v) is 2.65. The van der Waals surface area contributed by atoms with Crippen molar-refractivity contribution in [1.82, 2.24) is 24.6 Å². The van der Waals surface area contributed by atoms with Gasteiger partial charge in [-0.15, -0.1) is 0 Å². The molecule has 0 saturated heterocycles. The van der Waals surface area contributed by atoms with E-state index in [4.69, 9.17) is 0 Å². The van der Waals surface area contributed by atoms with Crippen LogP contribution < -0.4 is 5.32 Å². The molecule has 0 aliphatic rings. The molecule has 6 nitrogen and oxygen atoms in total. The van der Waals surface area contributed by atoms with Crippen LogP contribution in [0.4, 0.5) is 0 Å². The van der Waals surface area contributed by atoms with Crippen molar-refractivity contribution < 1.29 is 4.79 Å². The molecule has 2 heterocycles. The second-order valence-electron chi connectivity index (χ2n) is 4.04. The van der Waals surface area contributed by atoms with Crippen LogP contribution in [0.2, 0.25) is 0 Å². The van der Waals surface area contributed by atoms with Crippen LogP contribution in [0.15, 0.2) is 24.8 Å². The summed E-state index contributed by atoms with van der Waals surface area (Å²) in [4.78, 5) is 15.9. The van der Waals surface area contributed by atoms with Crippen LogP contribution in [0.3, 0.4) is 0 Å². The molecule has 1 amide bonds. The summed E-state index contributed by atoms with van der Waals surface area (Å²) in [6.07, 6.45) is 5.32. The predicted octanol–water partition coefficient (Wildman–Crippen LogP) is 0.838. The Kier molecular flexibility index (Phi) is 3.76. The summed E-state index contributed by atoms with van der Waals surface area (Å²) in [5.74, 6) is -0.0856. The Morgan fingerprint density at radius 1 is 1.50 bits per heavy atom. The molecule has 0 atom stereocenters. The maximum Gasteiger partial charge on any atom is 0.269 e. The quantitative estimate of drug-likeness (QED) is 0.851. The number of hydrogen-bond acceptors (Lipinski definition) is 3. The Labute approximate surface area is 106 Å². The lowest BCUT2D eigenvalue weighted by atomic mass is 10.3. The van der Waals surface area contributed by atoms with E-state index in [1.807, 2.05) is 24.6 Å². The van der Waals surface area contributed by atoms with Crippen molar-refractivity contribution >= 4 is 5.91 Å². The van der Waals surface area contributed by atoms with Gasteiger partial charge in [-0.3, -0.25) is 9.48 Å². The lowest BCUT2D eigenvalue weighted by Gasteiger charge is -2.06. The molecule has 18 heavy (non-hydrogen) atoms. The molecular weight excluding hydrogens is 230 g/mol. The second-order valence-corrected chi connectivity index (χ2v) is 4.04. The van der Waals surface area contributed by atoms with Gasteiger partial charge >= 0.3 is 0 Å². The van der Waals surface area contributed by atoms with E-state index in [-0.39, 0.29) is 5.91 Å². The number of imidazole rings is 1. The van der Waals surface area contributed by atoms with Crippen molar-refractivity contribution in [2.75, 3.05) is 6.54 Å². The maximum atomic E-state index is 12.0. The summed E-state index contributed by atoms with van der Waals surface area (Å²) in [5.41, 5.74) is 1.47. The van der Waals surface area contributed by atoms with E-state index >= 15 is 0 Å². The lowest BCUT2D eigenvalue weighted by Crippen LogP contribution is -2.29. The highest BCUT2D eigenvalue weighted by Gasteiger charge is 2.12.